The van der Waals surface area contributed by atoms with E-state index >= 15 is 0 Å². The van der Waals surface area contributed by atoms with E-state index in [9.17, 15) is 4.79 Å². The fraction of sp³-hybridized carbons (Fsp3) is 0.647. The summed E-state index contributed by atoms with van der Waals surface area (Å²) >= 11 is 0. The Morgan fingerprint density at radius 2 is 2.35 bits per heavy atom. The fourth-order valence-corrected chi connectivity index (χ4v) is 3.55. The first-order chi connectivity index (χ1) is 11.1. The van der Waals surface area contributed by atoms with E-state index in [-0.39, 0.29) is 18.1 Å². The third-order valence-corrected chi connectivity index (χ3v) is 4.79. The lowest BCUT2D eigenvalue weighted by Crippen LogP contribution is -2.42. The van der Waals surface area contributed by atoms with Crippen LogP contribution in [0.5, 0.6) is 5.88 Å². The number of rotatable bonds is 4. The Morgan fingerprint density at radius 3 is 3.09 bits per heavy atom. The minimum Gasteiger partial charge on any atom is -0.481 e. The van der Waals surface area contributed by atoms with Gasteiger partial charge < -0.3 is 14.4 Å². The lowest BCUT2D eigenvalue weighted by molar-refractivity contribution is -0.141. The molecule has 0 aromatic carbocycles. The monoisotopic (exact) mass is 319 g/mol. The number of likely N-dealkylation sites (N-methyl/N-ethyl adjacent to an activating group) is 1. The largest absolute Gasteiger partial charge is 0.481 e. The maximum Gasteiger partial charge on any atom is 0.251 e. The maximum absolute atomic E-state index is 12.1. The Kier molecular flexibility index (Phi) is 4.82. The van der Waals surface area contributed by atoms with Crippen LogP contribution in [0.2, 0.25) is 0 Å². The molecule has 3 heterocycles. The van der Waals surface area contributed by atoms with Crippen LogP contribution < -0.4 is 4.74 Å². The summed E-state index contributed by atoms with van der Waals surface area (Å²) in [5.74, 6) is 1.26. The van der Waals surface area contributed by atoms with Crippen molar-refractivity contribution in [2.75, 3.05) is 34.3 Å². The van der Waals surface area contributed by atoms with Crippen LogP contribution in [0, 0.1) is 5.92 Å². The van der Waals surface area contributed by atoms with E-state index in [2.05, 4.69) is 9.88 Å². The lowest BCUT2D eigenvalue weighted by atomic mass is 9.91. The summed E-state index contributed by atoms with van der Waals surface area (Å²) in [5, 5.41) is 0. The number of hydrogen-bond donors (Lipinski definition) is 0. The molecule has 23 heavy (non-hydrogen) atoms. The van der Waals surface area contributed by atoms with Gasteiger partial charge in [-0.15, -0.1) is 0 Å². The van der Waals surface area contributed by atoms with Crippen LogP contribution >= 0.6 is 0 Å². The average molecular weight is 319 g/mol. The topological polar surface area (TPSA) is 54.9 Å². The number of carbonyl (C=O) groups excluding carboxylic acids is 1. The predicted molar refractivity (Wildman–Crippen MR) is 86.1 cm³/mol. The molecule has 0 spiro atoms. The number of ether oxygens (including phenoxy) is 2. The molecule has 0 radical (unpaired) electrons. The van der Waals surface area contributed by atoms with Crippen molar-refractivity contribution in [1.82, 2.24) is 14.8 Å². The SMILES string of the molecule is COc1ncccc1CN1CC[C@H]2C[C@@H](C(=O)N(C)C)O[C@@H]2C1. The van der Waals surface area contributed by atoms with Crippen LogP contribution in [0.25, 0.3) is 0 Å². The Hall–Kier alpha value is -1.66. The van der Waals surface area contributed by atoms with E-state index in [0.29, 0.717) is 11.8 Å². The first kappa shape index (κ1) is 16.2. The zero-order valence-electron chi connectivity index (χ0n) is 14.1. The molecular formula is C17H25N3O3. The van der Waals surface area contributed by atoms with Crippen molar-refractivity contribution < 1.29 is 14.3 Å². The number of nitrogens with zero attached hydrogens (tertiary/aromatic N) is 3. The van der Waals surface area contributed by atoms with Crippen LogP contribution in [-0.2, 0) is 16.1 Å². The van der Waals surface area contributed by atoms with Crippen molar-refractivity contribution in [3.63, 3.8) is 0 Å². The fourth-order valence-electron chi connectivity index (χ4n) is 3.55. The number of amides is 1. The van der Waals surface area contributed by atoms with Gasteiger partial charge in [0.15, 0.2) is 0 Å². The standard InChI is InChI=1S/C17H25N3O3/c1-19(2)17(21)14-9-12-6-8-20(11-15(12)23-14)10-13-5-4-7-18-16(13)22-3/h4-5,7,12,14-15H,6,8-11H2,1-3H3/t12-,14-,15+/m0/s1. The number of methoxy groups -OCH3 is 1. The molecule has 126 valence electrons. The summed E-state index contributed by atoms with van der Waals surface area (Å²) in [6.07, 6.45) is 3.55. The summed E-state index contributed by atoms with van der Waals surface area (Å²) in [6, 6.07) is 3.98. The molecule has 0 N–H and O–H groups in total. The predicted octanol–water partition coefficient (Wildman–Crippen LogP) is 1.16. The van der Waals surface area contributed by atoms with Crippen LogP contribution in [0.1, 0.15) is 18.4 Å². The zero-order valence-corrected chi connectivity index (χ0v) is 14.1. The molecule has 2 aliphatic rings. The highest BCUT2D eigenvalue weighted by Crippen LogP contribution is 2.34. The first-order valence-corrected chi connectivity index (χ1v) is 8.15. The van der Waals surface area contributed by atoms with Gasteiger partial charge in [0.05, 0.1) is 13.2 Å². The Balaban J connectivity index is 1.61. The van der Waals surface area contributed by atoms with Crippen LogP contribution in [0.15, 0.2) is 18.3 Å². The van der Waals surface area contributed by atoms with E-state index in [1.165, 1.54) is 0 Å². The average Bonchev–Trinajstić information content (AvgIpc) is 2.97. The molecule has 0 aliphatic carbocycles. The van der Waals surface area contributed by atoms with Crippen LogP contribution in [0.3, 0.4) is 0 Å². The van der Waals surface area contributed by atoms with Crippen LogP contribution in [-0.4, -0.2) is 67.2 Å². The van der Waals surface area contributed by atoms with Gasteiger partial charge in [-0.2, -0.15) is 0 Å². The number of aromatic nitrogens is 1. The lowest BCUT2D eigenvalue weighted by Gasteiger charge is -2.34. The van der Waals surface area contributed by atoms with Gasteiger partial charge in [-0.05, 0) is 31.4 Å². The highest BCUT2D eigenvalue weighted by Gasteiger charge is 2.42. The van der Waals surface area contributed by atoms with E-state index in [1.54, 1.807) is 32.3 Å². The Labute approximate surface area is 137 Å². The van der Waals surface area contributed by atoms with Gasteiger partial charge in [-0.25, -0.2) is 4.98 Å². The summed E-state index contributed by atoms with van der Waals surface area (Å²) < 4.78 is 11.4. The molecule has 1 aromatic heterocycles. The van der Waals surface area contributed by atoms with Gasteiger partial charge in [0.2, 0.25) is 5.88 Å². The van der Waals surface area contributed by atoms with Gasteiger partial charge in [-0.3, -0.25) is 9.69 Å². The Bertz CT molecular complexity index is 564. The molecule has 0 bridgehead atoms. The van der Waals surface area contributed by atoms with Crippen molar-refractivity contribution in [1.29, 1.82) is 0 Å². The second-order valence-electron chi connectivity index (χ2n) is 6.59. The number of carbonyl (C=O) groups is 1. The number of hydrogen-bond acceptors (Lipinski definition) is 5. The van der Waals surface area contributed by atoms with E-state index < -0.39 is 0 Å². The maximum atomic E-state index is 12.1. The van der Waals surface area contributed by atoms with E-state index in [0.717, 1.165) is 38.0 Å². The number of piperidine rings is 1. The molecule has 3 rings (SSSR count). The van der Waals surface area contributed by atoms with E-state index in [4.69, 9.17) is 9.47 Å². The highest BCUT2D eigenvalue weighted by molar-refractivity contribution is 5.80. The summed E-state index contributed by atoms with van der Waals surface area (Å²) in [5.41, 5.74) is 1.09. The minimum atomic E-state index is -0.270. The van der Waals surface area contributed by atoms with Gasteiger partial charge in [0.1, 0.15) is 6.10 Å². The highest BCUT2D eigenvalue weighted by atomic mass is 16.5. The van der Waals surface area contributed by atoms with Crippen molar-refractivity contribution >= 4 is 5.91 Å². The smallest absolute Gasteiger partial charge is 0.251 e. The molecule has 0 saturated carbocycles. The Morgan fingerprint density at radius 1 is 1.52 bits per heavy atom. The molecule has 1 aromatic rings. The van der Waals surface area contributed by atoms with Crippen molar-refractivity contribution in [3.8, 4) is 5.88 Å². The van der Waals surface area contributed by atoms with Crippen molar-refractivity contribution in [2.45, 2.75) is 31.6 Å². The van der Waals surface area contributed by atoms with Gasteiger partial charge >= 0.3 is 0 Å². The molecule has 2 fully saturated rings. The summed E-state index contributed by atoms with van der Waals surface area (Å²) in [6.45, 7) is 2.68. The molecule has 2 saturated heterocycles. The zero-order chi connectivity index (χ0) is 16.4. The molecule has 6 nitrogen and oxygen atoms in total. The molecule has 2 aliphatic heterocycles. The van der Waals surface area contributed by atoms with Gasteiger partial charge in [-0.1, -0.05) is 6.07 Å². The van der Waals surface area contributed by atoms with E-state index in [1.807, 2.05) is 12.1 Å². The molecular weight excluding hydrogens is 294 g/mol. The van der Waals surface area contributed by atoms with Crippen LogP contribution in [0.4, 0.5) is 0 Å². The molecule has 6 heteroatoms. The minimum absolute atomic E-state index is 0.0832. The normalized spacial score (nSPS) is 27.5. The summed E-state index contributed by atoms with van der Waals surface area (Å²) in [7, 11) is 5.22. The number of likely N-dealkylation sites (tertiary alicyclic amines) is 1. The molecule has 1 amide bonds. The van der Waals surface area contributed by atoms with Gasteiger partial charge in [0.25, 0.3) is 5.91 Å². The number of pyridine rings is 1. The summed E-state index contributed by atoms with van der Waals surface area (Å²) in [4.78, 5) is 20.4. The quantitative estimate of drug-likeness (QED) is 0.833. The van der Waals surface area contributed by atoms with Gasteiger partial charge in [0, 0.05) is 38.9 Å². The second kappa shape index (κ2) is 6.84. The molecule has 3 atom stereocenters. The van der Waals surface area contributed by atoms with Crippen molar-refractivity contribution in [2.24, 2.45) is 5.92 Å². The third-order valence-electron chi connectivity index (χ3n) is 4.79. The second-order valence-corrected chi connectivity index (χ2v) is 6.59. The van der Waals surface area contributed by atoms with Crippen molar-refractivity contribution in [3.05, 3.63) is 23.9 Å². The molecule has 0 unspecified atom stereocenters. The number of fused-ring (bicyclic) bond motifs is 1. The first-order valence-electron chi connectivity index (χ1n) is 8.15. The third kappa shape index (κ3) is 3.48.